The van der Waals surface area contributed by atoms with E-state index in [-0.39, 0.29) is 5.91 Å². The highest BCUT2D eigenvalue weighted by molar-refractivity contribution is 7.09. The molecule has 0 bridgehead atoms. The largest absolute Gasteiger partial charge is 0.353 e. The maximum absolute atomic E-state index is 12.7. The van der Waals surface area contributed by atoms with Crippen LogP contribution in [0.2, 0.25) is 0 Å². The van der Waals surface area contributed by atoms with Crippen molar-refractivity contribution in [1.29, 1.82) is 0 Å². The molecule has 3 rings (SSSR count). The lowest BCUT2D eigenvalue weighted by Gasteiger charge is -2.21. The van der Waals surface area contributed by atoms with Crippen LogP contribution >= 0.6 is 11.3 Å². The van der Waals surface area contributed by atoms with Gasteiger partial charge >= 0.3 is 0 Å². The minimum absolute atomic E-state index is 0.0362. The highest BCUT2D eigenvalue weighted by Crippen LogP contribution is 2.21. The van der Waals surface area contributed by atoms with Gasteiger partial charge in [0.05, 0.1) is 5.01 Å². The van der Waals surface area contributed by atoms with Crippen molar-refractivity contribution < 1.29 is 4.79 Å². The zero-order valence-electron chi connectivity index (χ0n) is 13.5. The van der Waals surface area contributed by atoms with Gasteiger partial charge in [-0.15, -0.1) is 16.4 Å². The number of carbonyl (C=O) groups excluding carboxylic acids is 1. The Kier molecular flexibility index (Phi) is 4.85. The van der Waals surface area contributed by atoms with Gasteiger partial charge in [0.25, 0.3) is 5.91 Å². The first-order chi connectivity index (χ1) is 11.1. The van der Waals surface area contributed by atoms with Crippen LogP contribution in [-0.2, 0) is 0 Å². The molecule has 1 amide bonds. The number of nitrogens with zero attached hydrogens (tertiary/aromatic N) is 5. The van der Waals surface area contributed by atoms with E-state index in [1.165, 1.54) is 0 Å². The Hall–Kier alpha value is -2.02. The van der Waals surface area contributed by atoms with E-state index >= 15 is 0 Å². The van der Waals surface area contributed by atoms with Crippen LogP contribution in [0.4, 0.5) is 5.82 Å². The molecule has 7 heteroatoms. The molecule has 0 aliphatic carbocycles. The van der Waals surface area contributed by atoms with E-state index in [9.17, 15) is 4.79 Å². The molecule has 23 heavy (non-hydrogen) atoms. The first kappa shape index (κ1) is 15.9. The summed E-state index contributed by atoms with van der Waals surface area (Å²) in [6, 6.07) is 3.85. The lowest BCUT2D eigenvalue weighted by molar-refractivity contribution is 0.0761. The van der Waals surface area contributed by atoms with Crippen LogP contribution in [0.1, 0.15) is 41.7 Å². The molecule has 2 aromatic rings. The second kappa shape index (κ2) is 7.04. The van der Waals surface area contributed by atoms with Crippen molar-refractivity contribution in [2.45, 2.75) is 26.2 Å². The predicted molar refractivity (Wildman–Crippen MR) is 91.0 cm³/mol. The fraction of sp³-hybridized carbons (Fsp3) is 0.500. The van der Waals surface area contributed by atoms with E-state index in [1.54, 1.807) is 17.5 Å². The van der Waals surface area contributed by atoms with Gasteiger partial charge in [0.2, 0.25) is 0 Å². The molecule has 3 heterocycles. The predicted octanol–water partition coefficient (Wildman–Crippen LogP) is 2.41. The van der Waals surface area contributed by atoms with Crippen molar-refractivity contribution in [3.05, 3.63) is 34.4 Å². The Labute approximate surface area is 140 Å². The van der Waals surface area contributed by atoms with Crippen LogP contribution in [0.3, 0.4) is 0 Å². The number of rotatable bonds is 3. The molecule has 1 aliphatic heterocycles. The maximum Gasteiger partial charge on any atom is 0.273 e. The van der Waals surface area contributed by atoms with Crippen molar-refractivity contribution in [3.63, 3.8) is 0 Å². The van der Waals surface area contributed by atoms with E-state index < -0.39 is 0 Å². The molecule has 0 radical (unpaired) electrons. The van der Waals surface area contributed by atoms with Crippen molar-refractivity contribution >= 4 is 23.1 Å². The monoisotopic (exact) mass is 331 g/mol. The quantitative estimate of drug-likeness (QED) is 0.864. The summed E-state index contributed by atoms with van der Waals surface area (Å²) in [4.78, 5) is 21.2. The SMILES string of the molecule is CC(C)c1nc(C(=O)N2CCCN(c3cccnn3)CC2)cs1. The van der Waals surface area contributed by atoms with Crippen LogP contribution in [0.25, 0.3) is 0 Å². The van der Waals surface area contributed by atoms with Gasteiger partial charge in [0.15, 0.2) is 5.82 Å². The number of amides is 1. The first-order valence-electron chi connectivity index (χ1n) is 7.92. The molecule has 2 aromatic heterocycles. The molecule has 0 spiro atoms. The average molecular weight is 331 g/mol. The van der Waals surface area contributed by atoms with Crippen LogP contribution in [0, 0.1) is 0 Å². The van der Waals surface area contributed by atoms with Gasteiger partial charge in [-0.2, -0.15) is 5.10 Å². The average Bonchev–Trinajstić information content (AvgIpc) is 2.94. The minimum atomic E-state index is 0.0362. The smallest absolute Gasteiger partial charge is 0.273 e. The Morgan fingerprint density at radius 3 is 2.83 bits per heavy atom. The minimum Gasteiger partial charge on any atom is -0.353 e. The lowest BCUT2D eigenvalue weighted by Crippen LogP contribution is -2.35. The maximum atomic E-state index is 12.7. The van der Waals surface area contributed by atoms with Gasteiger partial charge in [-0.25, -0.2) is 4.98 Å². The fourth-order valence-corrected chi connectivity index (χ4v) is 3.43. The third-order valence-electron chi connectivity index (χ3n) is 3.90. The number of hydrogen-bond donors (Lipinski definition) is 0. The highest BCUT2D eigenvalue weighted by atomic mass is 32.1. The van der Waals surface area contributed by atoms with E-state index in [1.807, 2.05) is 22.4 Å². The van der Waals surface area contributed by atoms with Crippen molar-refractivity contribution in [1.82, 2.24) is 20.1 Å². The molecule has 1 saturated heterocycles. The molecule has 0 atom stereocenters. The van der Waals surface area contributed by atoms with Gasteiger partial charge in [-0.3, -0.25) is 4.79 Å². The lowest BCUT2D eigenvalue weighted by atomic mass is 10.2. The number of hydrogen-bond acceptors (Lipinski definition) is 6. The normalized spacial score (nSPS) is 15.8. The molecule has 0 aromatic carbocycles. The summed E-state index contributed by atoms with van der Waals surface area (Å²) < 4.78 is 0. The number of carbonyl (C=O) groups is 1. The zero-order valence-corrected chi connectivity index (χ0v) is 14.3. The Balaban J connectivity index is 1.66. The summed E-state index contributed by atoms with van der Waals surface area (Å²) in [5, 5.41) is 11.0. The van der Waals surface area contributed by atoms with Crippen LogP contribution in [-0.4, -0.2) is 52.2 Å². The van der Waals surface area contributed by atoms with Crippen molar-refractivity contribution in [2.24, 2.45) is 0 Å². The highest BCUT2D eigenvalue weighted by Gasteiger charge is 2.23. The molecular weight excluding hydrogens is 310 g/mol. The molecule has 0 unspecified atom stereocenters. The number of anilines is 1. The second-order valence-electron chi connectivity index (χ2n) is 5.94. The summed E-state index contributed by atoms with van der Waals surface area (Å²) in [7, 11) is 0. The van der Waals surface area contributed by atoms with Crippen LogP contribution in [0.5, 0.6) is 0 Å². The van der Waals surface area contributed by atoms with Gasteiger partial charge in [0, 0.05) is 43.7 Å². The first-order valence-corrected chi connectivity index (χ1v) is 8.80. The molecule has 1 fully saturated rings. The third-order valence-corrected chi connectivity index (χ3v) is 5.05. The van der Waals surface area contributed by atoms with E-state index in [0.29, 0.717) is 18.2 Å². The standard InChI is InChI=1S/C16H21N5OS/c1-12(2)15-18-13(11-23-15)16(22)21-8-4-7-20(9-10-21)14-5-3-6-17-19-14/h3,5-6,11-12H,4,7-10H2,1-2H3. The topological polar surface area (TPSA) is 62.2 Å². The van der Waals surface area contributed by atoms with E-state index in [4.69, 9.17) is 0 Å². The zero-order chi connectivity index (χ0) is 16.2. The summed E-state index contributed by atoms with van der Waals surface area (Å²) in [6.45, 7) is 7.28. The molecule has 0 N–H and O–H groups in total. The summed E-state index contributed by atoms with van der Waals surface area (Å²) in [6.07, 6.45) is 2.59. The molecular formula is C16H21N5OS. The van der Waals surface area contributed by atoms with Crippen molar-refractivity contribution in [3.8, 4) is 0 Å². The van der Waals surface area contributed by atoms with Crippen LogP contribution in [0.15, 0.2) is 23.7 Å². The van der Waals surface area contributed by atoms with E-state index in [0.717, 1.165) is 36.9 Å². The number of thiazole rings is 1. The number of aromatic nitrogens is 3. The van der Waals surface area contributed by atoms with Gasteiger partial charge in [-0.1, -0.05) is 13.8 Å². The Morgan fingerprint density at radius 1 is 1.26 bits per heavy atom. The fourth-order valence-electron chi connectivity index (χ4n) is 2.62. The summed E-state index contributed by atoms with van der Waals surface area (Å²) in [5.74, 6) is 1.27. The van der Waals surface area contributed by atoms with Gasteiger partial charge in [-0.05, 0) is 18.6 Å². The summed E-state index contributed by atoms with van der Waals surface area (Å²) >= 11 is 1.57. The molecule has 122 valence electrons. The van der Waals surface area contributed by atoms with E-state index in [2.05, 4.69) is 33.9 Å². The summed E-state index contributed by atoms with van der Waals surface area (Å²) in [5.41, 5.74) is 0.576. The molecule has 1 aliphatic rings. The van der Waals surface area contributed by atoms with Gasteiger partial charge < -0.3 is 9.80 Å². The van der Waals surface area contributed by atoms with Gasteiger partial charge in [0.1, 0.15) is 5.69 Å². The molecule has 0 saturated carbocycles. The third kappa shape index (κ3) is 3.67. The second-order valence-corrected chi connectivity index (χ2v) is 6.83. The Morgan fingerprint density at radius 2 is 2.13 bits per heavy atom. The Bertz CT molecular complexity index is 658. The molecule has 6 nitrogen and oxygen atoms in total. The van der Waals surface area contributed by atoms with Crippen molar-refractivity contribution in [2.75, 3.05) is 31.1 Å². The van der Waals surface area contributed by atoms with Crippen LogP contribution < -0.4 is 4.90 Å².